The third kappa shape index (κ3) is 5.42. The number of methoxy groups -OCH3 is 1. The Labute approximate surface area is 169 Å². The fourth-order valence-corrected chi connectivity index (χ4v) is 3.01. The third-order valence-corrected chi connectivity index (χ3v) is 4.53. The van der Waals surface area contributed by atoms with Gasteiger partial charge in [-0.1, -0.05) is 78.0 Å². The number of hydrogen-bond donors (Lipinski definition) is 1. The topological polar surface area (TPSA) is 77.0 Å². The van der Waals surface area contributed by atoms with Gasteiger partial charge in [-0.15, -0.1) is 0 Å². The SMILES string of the molecule is COc1ccc(C(N=O)C(NC(=O)OCc2ccccc2)c2ccccc2)cc1. The van der Waals surface area contributed by atoms with Crippen molar-refractivity contribution in [2.45, 2.75) is 18.7 Å². The Balaban J connectivity index is 1.79. The Morgan fingerprint density at radius 2 is 1.52 bits per heavy atom. The Kier molecular flexibility index (Phi) is 6.95. The van der Waals surface area contributed by atoms with E-state index in [2.05, 4.69) is 10.5 Å². The van der Waals surface area contributed by atoms with Crippen LogP contribution in [0.15, 0.2) is 90.1 Å². The van der Waals surface area contributed by atoms with E-state index >= 15 is 0 Å². The zero-order valence-electron chi connectivity index (χ0n) is 16.0. The number of nitrogens with one attached hydrogen (secondary N) is 1. The van der Waals surface area contributed by atoms with Gasteiger partial charge in [0.25, 0.3) is 0 Å². The van der Waals surface area contributed by atoms with Crippen molar-refractivity contribution in [3.8, 4) is 5.75 Å². The van der Waals surface area contributed by atoms with Crippen molar-refractivity contribution >= 4 is 6.09 Å². The van der Waals surface area contributed by atoms with E-state index in [-0.39, 0.29) is 6.61 Å². The van der Waals surface area contributed by atoms with Gasteiger partial charge in [0.2, 0.25) is 0 Å². The molecule has 0 heterocycles. The predicted octanol–water partition coefficient (Wildman–Crippen LogP) is 5.17. The number of nitroso groups, excluding NO2 is 1. The normalized spacial score (nSPS) is 12.4. The molecule has 0 fully saturated rings. The number of alkyl carbamates (subject to hydrolysis) is 1. The van der Waals surface area contributed by atoms with Crippen LogP contribution in [0.25, 0.3) is 0 Å². The summed E-state index contributed by atoms with van der Waals surface area (Å²) in [5, 5.41) is 6.10. The minimum Gasteiger partial charge on any atom is -0.497 e. The molecule has 0 aliphatic rings. The molecule has 0 saturated heterocycles. The highest BCUT2D eigenvalue weighted by atomic mass is 16.5. The summed E-state index contributed by atoms with van der Waals surface area (Å²) in [7, 11) is 1.57. The molecule has 2 unspecified atom stereocenters. The fraction of sp³-hybridized carbons (Fsp3) is 0.174. The number of ether oxygens (including phenoxy) is 2. The van der Waals surface area contributed by atoms with Crippen LogP contribution in [0.4, 0.5) is 4.79 Å². The van der Waals surface area contributed by atoms with Gasteiger partial charge in [0, 0.05) is 0 Å². The summed E-state index contributed by atoms with van der Waals surface area (Å²) in [4.78, 5) is 24.2. The summed E-state index contributed by atoms with van der Waals surface area (Å²) in [5.74, 6) is 0.671. The highest BCUT2D eigenvalue weighted by Gasteiger charge is 2.28. The maximum atomic E-state index is 12.5. The quantitative estimate of drug-likeness (QED) is 0.538. The second kappa shape index (κ2) is 10.0. The summed E-state index contributed by atoms with van der Waals surface area (Å²) in [6, 6.07) is 24.1. The van der Waals surface area contributed by atoms with Gasteiger partial charge in [0.15, 0.2) is 0 Å². The van der Waals surface area contributed by atoms with Gasteiger partial charge < -0.3 is 14.8 Å². The molecule has 148 valence electrons. The van der Waals surface area contributed by atoms with Crippen LogP contribution >= 0.6 is 0 Å². The Morgan fingerprint density at radius 3 is 2.10 bits per heavy atom. The number of carbonyl (C=O) groups excluding carboxylic acids is 1. The first-order valence-electron chi connectivity index (χ1n) is 9.20. The van der Waals surface area contributed by atoms with Gasteiger partial charge in [-0.25, -0.2) is 4.79 Å². The van der Waals surface area contributed by atoms with E-state index in [4.69, 9.17) is 9.47 Å². The smallest absolute Gasteiger partial charge is 0.408 e. The van der Waals surface area contributed by atoms with E-state index in [9.17, 15) is 9.70 Å². The van der Waals surface area contributed by atoms with Crippen molar-refractivity contribution in [2.75, 3.05) is 7.11 Å². The first kappa shape index (κ1) is 20.1. The molecule has 0 aliphatic heterocycles. The molecule has 0 radical (unpaired) electrons. The molecular weight excluding hydrogens is 368 g/mol. The molecule has 29 heavy (non-hydrogen) atoms. The molecule has 0 bridgehead atoms. The second-order valence-corrected chi connectivity index (χ2v) is 6.42. The molecule has 6 nitrogen and oxygen atoms in total. The molecule has 0 spiro atoms. The van der Waals surface area contributed by atoms with Crippen LogP contribution in [-0.2, 0) is 11.3 Å². The van der Waals surface area contributed by atoms with Crippen LogP contribution in [0.5, 0.6) is 5.75 Å². The first-order chi connectivity index (χ1) is 14.2. The van der Waals surface area contributed by atoms with Crippen LogP contribution in [0.3, 0.4) is 0 Å². The minimum absolute atomic E-state index is 0.135. The molecular formula is C23H22N2O4. The van der Waals surface area contributed by atoms with Crippen molar-refractivity contribution < 1.29 is 14.3 Å². The number of amides is 1. The zero-order valence-corrected chi connectivity index (χ0v) is 16.0. The van der Waals surface area contributed by atoms with Gasteiger partial charge in [-0.3, -0.25) is 0 Å². The number of hydrogen-bond acceptors (Lipinski definition) is 5. The lowest BCUT2D eigenvalue weighted by Gasteiger charge is -2.24. The lowest BCUT2D eigenvalue weighted by molar-refractivity contribution is 0.134. The average molecular weight is 390 g/mol. The van der Waals surface area contributed by atoms with Crippen molar-refractivity contribution in [1.29, 1.82) is 0 Å². The highest BCUT2D eigenvalue weighted by Crippen LogP contribution is 2.33. The molecule has 0 saturated carbocycles. The summed E-state index contributed by atoms with van der Waals surface area (Å²) >= 11 is 0. The summed E-state index contributed by atoms with van der Waals surface area (Å²) in [6.07, 6.45) is -0.620. The van der Waals surface area contributed by atoms with E-state index in [1.165, 1.54) is 0 Å². The average Bonchev–Trinajstić information content (AvgIpc) is 2.79. The van der Waals surface area contributed by atoms with Crippen molar-refractivity contribution in [3.05, 3.63) is 107 Å². The van der Waals surface area contributed by atoms with Crippen LogP contribution < -0.4 is 10.1 Å². The molecule has 0 aliphatic carbocycles. The number of nitrogens with zero attached hydrogens (tertiary/aromatic N) is 1. The molecule has 2 atom stereocenters. The fourth-order valence-electron chi connectivity index (χ4n) is 3.01. The minimum atomic E-state index is -0.826. The lowest BCUT2D eigenvalue weighted by atomic mass is 9.94. The number of rotatable bonds is 8. The third-order valence-electron chi connectivity index (χ3n) is 4.53. The van der Waals surface area contributed by atoms with Crippen molar-refractivity contribution in [2.24, 2.45) is 5.18 Å². The maximum Gasteiger partial charge on any atom is 0.408 e. The molecule has 1 amide bonds. The second-order valence-electron chi connectivity index (χ2n) is 6.42. The monoisotopic (exact) mass is 390 g/mol. The van der Waals surface area contributed by atoms with Crippen molar-refractivity contribution in [1.82, 2.24) is 5.32 Å². The summed E-state index contributed by atoms with van der Waals surface area (Å²) in [6.45, 7) is 0.135. The summed E-state index contributed by atoms with van der Waals surface area (Å²) < 4.78 is 10.5. The zero-order chi connectivity index (χ0) is 20.5. The van der Waals surface area contributed by atoms with Crippen LogP contribution in [-0.4, -0.2) is 13.2 Å². The van der Waals surface area contributed by atoms with Gasteiger partial charge in [-0.05, 0) is 28.8 Å². The standard InChI is InChI=1S/C23H22N2O4/c1-28-20-14-12-19(13-15-20)22(25-27)21(18-10-6-3-7-11-18)24-23(26)29-16-17-8-4-2-5-9-17/h2-15,21-22H,16H2,1H3,(H,24,26). The molecule has 0 aromatic heterocycles. The largest absolute Gasteiger partial charge is 0.497 e. The summed E-state index contributed by atoms with van der Waals surface area (Å²) in [5.41, 5.74) is 2.29. The van der Waals surface area contributed by atoms with Gasteiger partial charge >= 0.3 is 6.09 Å². The van der Waals surface area contributed by atoms with Crippen LogP contribution in [0.2, 0.25) is 0 Å². The van der Waals surface area contributed by atoms with Crippen LogP contribution in [0, 0.1) is 4.91 Å². The van der Waals surface area contributed by atoms with E-state index in [1.54, 1.807) is 31.4 Å². The Bertz CT molecular complexity index is 915. The molecule has 6 heteroatoms. The Morgan fingerprint density at radius 1 is 0.897 bits per heavy atom. The van der Waals surface area contributed by atoms with Crippen LogP contribution in [0.1, 0.15) is 28.8 Å². The molecule has 3 rings (SSSR count). The van der Waals surface area contributed by atoms with E-state index in [1.807, 2.05) is 60.7 Å². The number of carbonyl (C=O) groups is 1. The van der Waals surface area contributed by atoms with E-state index in [0.29, 0.717) is 11.3 Å². The molecule has 3 aromatic rings. The van der Waals surface area contributed by atoms with Gasteiger partial charge in [-0.2, -0.15) is 4.91 Å². The predicted molar refractivity (Wildman–Crippen MR) is 110 cm³/mol. The first-order valence-corrected chi connectivity index (χ1v) is 9.20. The Hall–Kier alpha value is -3.67. The molecule has 1 N–H and O–H groups in total. The van der Waals surface area contributed by atoms with Gasteiger partial charge in [0.1, 0.15) is 18.4 Å². The lowest BCUT2D eigenvalue weighted by Crippen LogP contribution is -2.32. The van der Waals surface area contributed by atoms with E-state index < -0.39 is 18.2 Å². The maximum absolute atomic E-state index is 12.5. The van der Waals surface area contributed by atoms with E-state index in [0.717, 1.165) is 11.1 Å². The molecule has 3 aromatic carbocycles. The van der Waals surface area contributed by atoms with Crippen molar-refractivity contribution in [3.63, 3.8) is 0 Å². The number of benzene rings is 3. The highest BCUT2D eigenvalue weighted by molar-refractivity contribution is 5.68. The van der Waals surface area contributed by atoms with Gasteiger partial charge in [0.05, 0.1) is 13.2 Å².